The van der Waals surface area contributed by atoms with Crippen LogP contribution in [0.4, 0.5) is 11.4 Å². The number of hydrogen-bond acceptors (Lipinski definition) is 5. The lowest BCUT2D eigenvalue weighted by molar-refractivity contribution is 0.0762. The van der Waals surface area contributed by atoms with Crippen LogP contribution in [0.25, 0.3) is 0 Å². The first-order chi connectivity index (χ1) is 8.61. The zero-order valence-electron chi connectivity index (χ0n) is 9.80. The topological polar surface area (TPSA) is 105 Å². The van der Waals surface area contributed by atoms with Crippen molar-refractivity contribution < 1.29 is 9.53 Å². The smallest absolute Gasteiger partial charge is 0.250 e. The Morgan fingerprint density at radius 2 is 2.33 bits per heavy atom. The number of amides is 1. The Morgan fingerprint density at radius 1 is 1.56 bits per heavy atom. The van der Waals surface area contributed by atoms with E-state index in [1.165, 1.54) is 0 Å². The summed E-state index contributed by atoms with van der Waals surface area (Å²) in [5.41, 5.74) is 12.7. The fourth-order valence-corrected chi connectivity index (χ4v) is 1.96. The number of carbonyl (C=O) groups is 1. The summed E-state index contributed by atoms with van der Waals surface area (Å²) in [5.74, 6) is -0.509. The van der Waals surface area contributed by atoms with Crippen molar-refractivity contribution in [3.8, 4) is 6.07 Å². The van der Waals surface area contributed by atoms with Gasteiger partial charge in [0.25, 0.3) is 5.91 Å². The van der Waals surface area contributed by atoms with E-state index in [1.54, 1.807) is 18.2 Å². The maximum absolute atomic E-state index is 11.4. The van der Waals surface area contributed by atoms with Crippen molar-refractivity contribution in [2.45, 2.75) is 6.10 Å². The molecule has 1 aliphatic rings. The number of morpholine rings is 1. The zero-order valence-corrected chi connectivity index (χ0v) is 9.80. The molecule has 18 heavy (non-hydrogen) atoms. The summed E-state index contributed by atoms with van der Waals surface area (Å²) >= 11 is 0. The normalized spacial score (nSPS) is 19.3. The average Bonchev–Trinajstić information content (AvgIpc) is 2.38. The number of nitriles is 1. The molecule has 0 bridgehead atoms. The molecule has 1 atom stereocenters. The average molecular weight is 246 g/mol. The molecule has 1 aromatic carbocycles. The molecule has 1 heterocycles. The lowest BCUT2D eigenvalue weighted by Gasteiger charge is -2.32. The predicted molar refractivity (Wildman–Crippen MR) is 66.9 cm³/mol. The van der Waals surface area contributed by atoms with E-state index in [9.17, 15) is 4.79 Å². The van der Waals surface area contributed by atoms with Crippen molar-refractivity contribution in [3.05, 3.63) is 23.8 Å². The first-order valence-electron chi connectivity index (χ1n) is 5.57. The minimum absolute atomic E-state index is 0.403. The molecule has 1 fully saturated rings. The quantitative estimate of drug-likeness (QED) is 0.720. The van der Waals surface area contributed by atoms with Gasteiger partial charge in [-0.2, -0.15) is 5.26 Å². The number of anilines is 2. The van der Waals surface area contributed by atoms with Gasteiger partial charge in [-0.1, -0.05) is 0 Å². The Kier molecular flexibility index (Phi) is 3.35. The van der Waals surface area contributed by atoms with E-state index in [0.717, 1.165) is 0 Å². The van der Waals surface area contributed by atoms with E-state index in [4.69, 9.17) is 21.5 Å². The summed E-state index contributed by atoms with van der Waals surface area (Å²) in [6.07, 6.45) is -0.499. The molecule has 1 unspecified atom stereocenters. The third-order valence-electron chi connectivity index (χ3n) is 2.84. The molecule has 0 aromatic heterocycles. The molecule has 4 N–H and O–H groups in total. The Morgan fingerprint density at radius 3 is 3.00 bits per heavy atom. The largest absolute Gasteiger partial charge is 0.399 e. The molecule has 1 amide bonds. The second kappa shape index (κ2) is 4.94. The van der Waals surface area contributed by atoms with Crippen molar-refractivity contribution in [2.24, 2.45) is 5.73 Å². The minimum Gasteiger partial charge on any atom is -0.399 e. The number of nitrogen functional groups attached to an aromatic ring is 1. The lowest BCUT2D eigenvalue weighted by atomic mass is 10.1. The summed E-state index contributed by atoms with van der Waals surface area (Å²) < 4.78 is 5.26. The number of primary amides is 1. The molecule has 0 spiro atoms. The van der Waals surface area contributed by atoms with Crippen LogP contribution in [0.3, 0.4) is 0 Å². The van der Waals surface area contributed by atoms with Crippen molar-refractivity contribution in [2.75, 3.05) is 30.3 Å². The monoisotopic (exact) mass is 246 g/mol. The molecule has 1 aromatic rings. The van der Waals surface area contributed by atoms with Crippen molar-refractivity contribution in [1.82, 2.24) is 0 Å². The van der Waals surface area contributed by atoms with Gasteiger partial charge in [-0.05, 0) is 18.2 Å². The van der Waals surface area contributed by atoms with E-state index in [1.807, 2.05) is 4.90 Å². The number of benzene rings is 1. The van der Waals surface area contributed by atoms with Crippen LogP contribution in [-0.2, 0) is 4.74 Å². The maximum atomic E-state index is 11.4. The second-order valence-electron chi connectivity index (χ2n) is 4.08. The van der Waals surface area contributed by atoms with Gasteiger partial charge in [0.05, 0.1) is 30.5 Å². The Labute approximate surface area is 105 Å². The molecule has 0 saturated carbocycles. The van der Waals surface area contributed by atoms with Crippen LogP contribution in [-0.4, -0.2) is 31.7 Å². The van der Waals surface area contributed by atoms with E-state index in [0.29, 0.717) is 36.6 Å². The van der Waals surface area contributed by atoms with Gasteiger partial charge in [0.15, 0.2) is 6.10 Å². The second-order valence-corrected chi connectivity index (χ2v) is 4.08. The van der Waals surface area contributed by atoms with Gasteiger partial charge in [0.1, 0.15) is 0 Å². The highest BCUT2D eigenvalue weighted by molar-refractivity contribution is 5.99. The maximum Gasteiger partial charge on any atom is 0.250 e. The van der Waals surface area contributed by atoms with Crippen molar-refractivity contribution >= 4 is 17.3 Å². The molecule has 94 valence electrons. The summed E-state index contributed by atoms with van der Waals surface area (Å²) in [4.78, 5) is 13.3. The Balaban J connectivity index is 2.34. The van der Waals surface area contributed by atoms with Crippen LogP contribution in [0, 0.1) is 11.3 Å². The van der Waals surface area contributed by atoms with E-state index in [-0.39, 0.29) is 0 Å². The highest BCUT2D eigenvalue weighted by Gasteiger charge is 2.23. The lowest BCUT2D eigenvalue weighted by Crippen LogP contribution is -2.42. The first kappa shape index (κ1) is 12.2. The number of nitrogens with zero attached hydrogens (tertiary/aromatic N) is 2. The van der Waals surface area contributed by atoms with Crippen LogP contribution in [0.15, 0.2) is 18.2 Å². The molecule has 1 aliphatic heterocycles. The van der Waals surface area contributed by atoms with Gasteiger partial charge in [-0.3, -0.25) is 4.79 Å². The Hall–Kier alpha value is -2.26. The van der Waals surface area contributed by atoms with Gasteiger partial charge in [0, 0.05) is 12.2 Å². The number of nitrogens with two attached hydrogens (primary N) is 2. The minimum atomic E-state index is -0.509. The highest BCUT2D eigenvalue weighted by Crippen LogP contribution is 2.25. The van der Waals surface area contributed by atoms with Crippen molar-refractivity contribution in [1.29, 1.82) is 5.26 Å². The van der Waals surface area contributed by atoms with E-state index < -0.39 is 12.0 Å². The summed E-state index contributed by atoms with van der Waals surface area (Å²) in [7, 11) is 0. The number of carbonyl (C=O) groups excluding carboxylic acids is 1. The van der Waals surface area contributed by atoms with Crippen LogP contribution in [0.5, 0.6) is 0 Å². The Bertz CT molecular complexity index is 509. The zero-order chi connectivity index (χ0) is 13.1. The molecule has 2 rings (SSSR count). The summed E-state index contributed by atoms with van der Waals surface area (Å²) in [5, 5.41) is 8.87. The van der Waals surface area contributed by atoms with E-state index in [2.05, 4.69) is 6.07 Å². The van der Waals surface area contributed by atoms with Gasteiger partial charge < -0.3 is 21.1 Å². The third kappa shape index (κ3) is 2.36. The first-order valence-corrected chi connectivity index (χ1v) is 5.57. The molecule has 0 aliphatic carbocycles. The molecular formula is C12H14N4O2. The predicted octanol–water partition coefficient (Wildman–Crippen LogP) is 0.0965. The summed E-state index contributed by atoms with van der Waals surface area (Å²) in [6, 6.07) is 6.98. The standard InChI is InChI=1S/C12H14N4O2/c13-6-9-7-16(3-4-18-9)11-5-8(14)1-2-10(11)12(15)17/h1-2,5,9H,3-4,7,14H2,(H2,15,17). The number of hydrogen-bond donors (Lipinski definition) is 2. The van der Waals surface area contributed by atoms with Crippen LogP contribution in [0.1, 0.15) is 10.4 Å². The van der Waals surface area contributed by atoms with Crippen LogP contribution >= 0.6 is 0 Å². The van der Waals surface area contributed by atoms with Crippen molar-refractivity contribution in [3.63, 3.8) is 0 Å². The van der Waals surface area contributed by atoms with Crippen LogP contribution < -0.4 is 16.4 Å². The van der Waals surface area contributed by atoms with Gasteiger partial charge in [-0.15, -0.1) is 0 Å². The molecule has 0 radical (unpaired) electrons. The van der Waals surface area contributed by atoms with Gasteiger partial charge in [0.2, 0.25) is 0 Å². The number of rotatable bonds is 2. The molecule has 6 nitrogen and oxygen atoms in total. The molecule has 6 heteroatoms. The van der Waals surface area contributed by atoms with Gasteiger partial charge >= 0.3 is 0 Å². The fraction of sp³-hybridized carbons (Fsp3) is 0.333. The third-order valence-corrected chi connectivity index (χ3v) is 2.84. The SMILES string of the molecule is N#CC1CN(c2cc(N)ccc2C(N)=O)CCO1. The number of ether oxygens (including phenoxy) is 1. The van der Waals surface area contributed by atoms with Gasteiger partial charge in [-0.25, -0.2) is 0 Å². The van der Waals surface area contributed by atoms with Crippen LogP contribution in [0.2, 0.25) is 0 Å². The summed E-state index contributed by atoms with van der Waals surface area (Å²) in [6.45, 7) is 1.44. The molecule has 1 saturated heterocycles. The van der Waals surface area contributed by atoms with E-state index >= 15 is 0 Å². The molecular weight excluding hydrogens is 232 g/mol. The highest BCUT2D eigenvalue weighted by atomic mass is 16.5. The fourth-order valence-electron chi connectivity index (χ4n) is 1.96.